The number of carbonyl (C=O) groups is 1. The maximum Gasteiger partial charge on any atom is 0.430 e. The van der Waals surface area contributed by atoms with Crippen molar-refractivity contribution < 1.29 is 14.3 Å². The van der Waals surface area contributed by atoms with Gasteiger partial charge in [-0.3, -0.25) is 0 Å². The number of hydrogen-bond acceptors (Lipinski definition) is 5. The Hall–Kier alpha value is -3.33. The Kier molecular flexibility index (Phi) is 7.69. The van der Waals surface area contributed by atoms with Crippen LogP contribution in [0, 0.1) is 11.3 Å². The molecule has 0 spiro atoms. The van der Waals surface area contributed by atoms with Crippen molar-refractivity contribution in [1.82, 2.24) is 5.01 Å². The molecule has 0 aromatic heterocycles. The van der Waals surface area contributed by atoms with Crippen molar-refractivity contribution in [3.05, 3.63) is 65.7 Å². The molecule has 1 amide bonds. The number of ether oxygens (including phenoxy) is 2. The van der Waals surface area contributed by atoms with E-state index in [1.807, 2.05) is 60.7 Å². The summed E-state index contributed by atoms with van der Waals surface area (Å²) in [7, 11) is 0. The number of benzene rings is 2. The lowest BCUT2D eigenvalue weighted by atomic mass is 10.2. The third-order valence-corrected chi connectivity index (χ3v) is 3.39. The summed E-state index contributed by atoms with van der Waals surface area (Å²) in [6.07, 6.45) is 1.17. The lowest BCUT2D eigenvalue weighted by Crippen LogP contribution is -2.27. The molecule has 2 rings (SSSR count). The van der Waals surface area contributed by atoms with Crippen molar-refractivity contribution in [2.45, 2.75) is 20.0 Å². The monoisotopic (exact) mass is 351 g/mol. The highest BCUT2D eigenvalue weighted by Crippen LogP contribution is 2.13. The second kappa shape index (κ2) is 10.5. The van der Waals surface area contributed by atoms with E-state index in [2.05, 4.69) is 5.10 Å². The molecule has 0 saturated carbocycles. The van der Waals surface area contributed by atoms with Crippen molar-refractivity contribution in [3.8, 4) is 11.8 Å². The Morgan fingerprint density at radius 1 is 1.19 bits per heavy atom. The van der Waals surface area contributed by atoms with Crippen LogP contribution in [0.3, 0.4) is 0 Å². The molecule has 6 nitrogen and oxygen atoms in total. The molecule has 0 aliphatic heterocycles. The molecular weight excluding hydrogens is 330 g/mol. The number of rotatable bonds is 8. The summed E-state index contributed by atoms with van der Waals surface area (Å²) in [6.45, 7) is 2.66. The van der Waals surface area contributed by atoms with E-state index in [4.69, 9.17) is 14.7 Å². The molecule has 0 heterocycles. The third kappa shape index (κ3) is 6.29. The van der Waals surface area contributed by atoms with Crippen LogP contribution >= 0.6 is 0 Å². The van der Waals surface area contributed by atoms with Gasteiger partial charge in [0.2, 0.25) is 0 Å². The fraction of sp³-hybridized carbons (Fsp3) is 0.250. The van der Waals surface area contributed by atoms with Crippen LogP contribution < -0.4 is 4.74 Å². The van der Waals surface area contributed by atoms with Gasteiger partial charge >= 0.3 is 6.09 Å². The van der Waals surface area contributed by atoms with Gasteiger partial charge in [0.15, 0.2) is 0 Å². The highest BCUT2D eigenvalue weighted by molar-refractivity contribution is 5.81. The van der Waals surface area contributed by atoms with Crippen molar-refractivity contribution in [2.75, 3.05) is 13.2 Å². The first kappa shape index (κ1) is 19.0. The van der Waals surface area contributed by atoms with E-state index < -0.39 is 6.09 Å². The van der Waals surface area contributed by atoms with Crippen LogP contribution in [0.4, 0.5) is 4.79 Å². The second-order valence-corrected chi connectivity index (χ2v) is 5.32. The first-order chi connectivity index (χ1) is 12.7. The standard InChI is InChI=1S/C20H21N3O3/c1-2-25-20(24)23(14-6-13-21)22-15-17-9-11-19(12-10-17)26-16-18-7-4-3-5-8-18/h3-5,7-12,15H,2,6,14,16H2,1H3/b22-15+. The number of nitrogens with zero attached hydrogens (tertiary/aromatic N) is 3. The molecule has 0 fully saturated rings. The van der Waals surface area contributed by atoms with Crippen molar-refractivity contribution in [1.29, 1.82) is 5.26 Å². The Morgan fingerprint density at radius 3 is 2.58 bits per heavy atom. The molecule has 134 valence electrons. The van der Waals surface area contributed by atoms with Crippen LogP contribution in [-0.4, -0.2) is 30.5 Å². The van der Waals surface area contributed by atoms with E-state index in [9.17, 15) is 4.79 Å². The van der Waals surface area contributed by atoms with Gasteiger partial charge < -0.3 is 9.47 Å². The molecule has 2 aromatic rings. The number of carbonyl (C=O) groups excluding carboxylic acids is 1. The van der Waals surface area contributed by atoms with Crippen molar-refractivity contribution in [2.24, 2.45) is 5.10 Å². The fourth-order valence-electron chi connectivity index (χ4n) is 2.08. The zero-order chi connectivity index (χ0) is 18.6. The normalized spacial score (nSPS) is 10.3. The molecule has 2 aromatic carbocycles. The van der Waals surface area contributed by atoms with Crippen LogP contribution in [0.1, 0.15) is 24.5 Å². The number of amides is 1. The van der Waals surface area contributed by atoms with Crippen LogP contribution in [-0.2, 0) is 11.3 Å². The van der Waals surface area contributed by atoms with Crippen LogP contribution in [0.25, 0.3) is 0 Å². The minimum absolute atomic E-state index is 0.183. The summed E-state index contributed by atoms with van der Waals surface area (Å²) in [5.74, 6) is 0.748. The molecule has 0 N–H and O–H groups in total. The lowest BCUT2D eigenvalue weighted by Gasteiger charge is -2.14. The lowest BCUT2D eigenvalue weighted by molar-refractivity contribution is 0.109. The molecule has 0 radical (unpaired) electrons. The first-order valence-corrected chi connectivity index (χ1v) is 8.35. The minimum Gasteiger partial charge on any atom is -0.489 e. The molecule has 0 aliphatic carbocycles. The number of hydrogen-bond donors (Lipinski definition) is 0. The molecule has 0 aliphatic rings. The molecule has 0 saturated heterocycles. The van der Waals surface area contributed by atoms with E-state index in [1.165, 1.54) is 0 Å². The van der Waals surface area contributed by atoms with Gasteiger partial charge in [-0.15, -0.1) is 0 Å². The van der Waals surface area contributed by atoms with Crippen LogP contribution in [0.5, 0.6) is 5.75 Å². The predicted molar refractivity (Wildman–Crippen MR) is 98.8 cm³/mol. The quantitative estimate of drug-likeness (QED) is 0.533. The summed E-state index contributed by atoms with van der Waals surface area (Å²) >= 11 is 0. The highest BCUT2D eigenvalue weighted by Gasteiger charge is 2.12. The van der Waals surface area contributed by atoms with E-state index in [0.29, 0.717) is 6.61 Å². The van der Waals surface area contributed by atoms with E-state index >= 15 is 0 Å². The summed E-state index contributed by atoms with van der Waals surface area (Å²) in [6, 6.07) is 19.3. The fourth-order valence-corrected chi connectivity index (χ4v) is 2.08. The van der Waals surface area contributed by atoms with Gasteiger partial charge in [0.05, 0.1) is 31.9 Å². The molecule has 26 heavy (non-hydrogen) atoms. The molecule has 0 bridgehead atoms. The van der Waals surface area contributed by atoms with Gasteiger partial charge in [0.1, 0.15) is 12.4 Å². The predicted octanol–water partition coefficient (Wildman–Crippen LogP) is 3.97. The zero-order valence-electron chi connectivity index (χ0n) is 14.7. The van der Waals surface area contributed by atoms with E-state index in [0.717, 1.165) is 21.9 Å². The van der Waals surface area contributed by atoms with E-state index in [-0.39, 0.29) is 19.6 Å². The topological polar surface area (TPSA) is 74.9 Å². The average molecular weight is 351 g/mol. The van der Waals surface area contributed by atoms with Gasteiger partial charge in [-0.25, -0.2) is 4.79 Å². The Balaban J connectivity index is 1.94. The minimum atomic E-state index is -0.568. The maximum atomic E-state index is 11.8. The number of hydrazone groups is 1. The second-order valence-electron chi connectivity index (χ2n) is 5.32. The van der Waals surface area contributed by atoms with Crippen LogP contribution in [0.2, 0.25) is 0 Å². The third-order valence-electron chi connectivity index (χ3n) is 3.39. The Morgan fingerprint density at radius 2 is 1.92 bits per heavy atom. The first-order valence-electron chi connectivity index (χ1n) is 8.35. The highest BCUT2D eigenvalue weighted by atomic mass is 16.6. The van der Waals surface area contributed by atoms with Gasteiger partial charge in [-0.1, -0.05) is 30.3 Å². The molecule has 0 unspecified atom stereocenters. The smallest absolute Gasteiger partial charge is 0.430 e. The zero-order valence-corrected chi connectivity index (χ0v) is 14.7. The van der Waals surface area contributed by atoms with Crippen molar-refractivity contribution in [3.63, 3.8) is 0 Å². The van der Waals surface area contributed by atoms with Crippen molar-refractivity contribution >= 4 is 12.3 Å². The SMILES string of the molecule is CCOC(=O)N(CCC#N)/N=C/c1ccc(OCc2ccccc2)cc1. The maximum absolute atomic E-state index is 11.8. The largest absolute Gasteiger partial charge is 0.489 e. The Labute approximate surface area is 153 Å². The average Bonchev–Trinajstić information content (AvgIpc) is 2.68. The molecule has 0 atom stereocenters. The summed E-state index contributed by atoms with van der Waals surface area (Å²) in [4.78, 5) is 11.8. The molecule has 6 heteroatoms. The van der Waals surface area contributed by atoms with Gasteiger partial charge in [-0.05, 0) is 42.3 Å². The summed E-state index contributed by atoms with van der Waals surface area (Å²) < 4.78 is 10.7. The van der Waals surface area contributed by atoms with Crippen LogP contribution in [0.15, 0.2) is 59.7 Å². The Bertz CT molecular complexity index is 752. The van der Waals surface area contributed by atoms with Gasteiger partial charge in [-0.2, -0.15) is 15.4 Å². The summed E-state index contributed by atoms with van der Waals surface area (Å²) in [5.41, 5.74) is 1.91. The van der Waals surface area contributed by atoms with E-state index in [1.54, 1.807) is 13.1 Å². The van der Waals surface area contributed by atoms with Gasteiger partial charge in [0, 0.05) is 0 Å². The summed E-state index contributed by atoms with van der Waals surface area (Å²) in [5, 5.41) is 13.9. The number of nitriles is 1. The van der Waals surface area contributed by atoms with Gasteiger partial charge in [0.25, 0.3) is 0 Å². The molecular formula is C20H21N3O3.